The molecule has 1 aromatic heterocycles. The number of carbonyl (C=O) groups excluding carboxylic acids is 2. The number of ether oxygens (including phenoxy) is 2. The summed E-state index contributed by atoms with van der Waals surface area (Å²) in [5, 5.41) is 11.4. The van der Waals surface area contributed by atoms with Gasteiger partial charge in [0.05, 0.1) is 18.8 Å². The van der Waals surface area contributed by atoms with E-state index in [-0.39, 0.29) is 23.8 Å². The summed E-state index contributed by atoms with van der Waals surface area (Å²) in [4.78, 5) is 33.3. The summed E-state index contributed by atoms with van der Waals surface area (Å²) in [6.45, 7) is 9.74. The summed E-state index contributed by atoms with van der Waals surface area (Å²) in [6, 6.07) is 11.3. The minimum Gasteiger partial charge on any atom is -0.494 e. The third-order valence-electron chi connectivity index (χ3n) is 6.02. The van der Waals surface area contributed by atoms with Crippen molar-refractivity contribution in [1.82, 2.24) is 14.9 Å². The van der Waals surface area contributed by atoms with Crippen LogP contribution in [0.15, 0.2) is 61.3 Å². The highest BCUT2D eigenvalue weighted by Crippen LogP contribution is 2.37. The average molecular weight is 600 g/mol. The van der Waals surface area contributed by atoms with E-state index >= 15 is 0 Å². The molecular formula is C29H32F3N7O4. The lowest BCUT2D eigenvalue weighted by Gasteiger charge is -2.40. The fourth-order valence-electron chi connectivity index (χ4n) is 4.04. The van der Waals surface area contributed by atoms with Gasteiger partial charge in [0.2, 0.25) is 11.9 Å². The first-order chi connectivity index (χ1) is 20.2. The molecule has 0 aliphatic carbocycles. The van der Waals surface area contributed by atoms with Crippen LogP contribution in [0.25, 0.3) is 0 Å². The van der Waals surface area contributed by atoms with Crippen LogP contribution in [-0.4, -0.2) is 58.7 Å². The highest BCUT2D eigenvalue weighted by Gasteiger charge is 2.36. The first-order valence-corrected chi connectivity index (χ1v) is 13.2. The molecular weight excluding hydrogens is 567 g/mol. The van der Waals surface area contributed by atoms with Gasteiger partial charge in [-0.05, 0) is 57.2 Å². The van der Waals surface area contributed by atoms with Gasteiger partial charge in [-0.25, -0.2) is 9.78 Å². The summed E-state index contributed by atoms with van der Waals surface area (Å²) in [5.41, 5.74) is 0.0906. The van der Waals surface area contributed by atoms with Gasteiger partial charge in [-0.1, -0.05) is 12.6 Å². The van der Waals surface area contributed by atoms with E-state index in [0.29, 0.717) is 36.4 Å². The Morgan fingerprint density at radius 2 is 1.77 bits per heavy atom. The molecule has 43 heavy (non-hydrogen) atoms. The molecule has 2 amide bonds. The predicted molar refractivity (Wildman–Crippen MR) is 157 cm³/mol. The van der Waals surface area contributed by atoms with Crippen LogP contribution in [0, 0.1) is 0 Å². The van der Waals surface area contributed by atoms with Crippen molar-refractivity contribution in [1.29, 1.82) is 0 Å². The minimum absolute atomic E-state index is 0.00602. The highest BCUT2D eigenvalue weighted by molar-refractivity contribution is 5.99. The monoisotopic (exact) mass is 599 g/mol. The Hall–Kier alpha value is -5.01. The van der Waals surface area contributed by atoms with Crippen LogP contribution in [0.5, 0.6) is 5.75 Å². The lowest BCUT2D eigenvalue weighted by Crippen LogP contribution is -2.57. The number of amides is 2. The zero-order valence-corrected chi connectivity index (χ0v) is 24.0. The van der Waals surface area contributed by atoms with Crippen LogP contribution >= 0.6 is 0 Å². The molecule has 2 aromatic carbocycles. The fourth-order valence-corrected chi connectivity index (χ4v) is 4.04. The molecule has 1 fully saturated rings. The minimum atomic E-state index is -4.73. The van der Waals surface area contributed by atoms with E-state index < -0.39 is 29.1 Å². The number of nitrogens with zero attached hydrogens (tertiary/aromatic N) is 3. The quantitative estimate of drug-likeness (QED) is 0.214. The molecule has 0 atom stereocenters. The number of methoxy groups -OCH3 is 1. The van der Waals surface area contributed by atoms with Crippen molar-refractivity contribution in [3.05, 3.63) is 66.9 Å². The Morgan fingerprint density at radius 3 is 2.42 bits per heavy atom. The molecule has 0 bridgehead atoms. The number of aromatic nitrogens is 2. The van der Waals surface area contributed by atoms with Crippen molar-refractivity contribution in [3.8, 4) is 5.75 Å². The van der Waals surface area contributed by atoms with E-state index in [0.717, 1.165) is 11.8 Å². The van der Waals surface area contributed by atoms with Crippen molar-refractivity contribution in [2.24, 2.45) is 0 Å². The second-order valence-electron chi connectivity index (χ2n) is 10.6. The number of nitrogens with one attached hydrogen (secondary N) is 4. The van der Waals surface area contributed by atoms with E-state index in [4.69, 9.17) is 9.47 Å². The van der Waals surface area contributed by atoms with E-state index in [9.17, 15) is 22.8 Å². The summed E-state index contributed by atoms with van der Waals surface area (Å²) in [6.07, 6.45) is -3.35. The van der Waals surface area contributed by atoms with Crippen LogP contribution < -0.4 is 26.0 Å². The second kappa shape index (κ2) is 12.5. The van der Waals surface area contributed by atoms with Gasteiger partial charge < -0.3 is 35.6 Å². The summed E-state index contributed by atoms with van der Waals surface area (Å²) in [5.74, 6) is -0.684. The molecule has 0 saturated carbocycles. The zero-order chi connectivity index (χ0) is 31.4. The molecule has 4 N–H and O–H groups in total. The molecule has 0 radical (unpaired) electrons. The standard InChI is InChI=1S/C29H32F3N7O4/c1-6-24(40)35-17-8-7-9-18(12-17)36-25-21(29(30,31)32)14-33-26(38-25)37-22-11-10-19(13-23(22)42-5)34-20-15-39(16-20)27(41)43-28(2,3)4/h6-14,20,34H,1,15-16H2,2-5H3,(H,35,40)(H2,33,36,37,38). The molecule has 1 saturated heterocycles. The Kier molecular flexibility index (Phi) is 8.97. The van der Waals surface area contributed by atoms with Gasteiger partial charge in [0.15, 0.2) is 0 Å². The SMILES string of the molecule is C=CC(=O)Nc1cccc(Nc2nc(Nc3ccc(NC4CN(C(=O)OC(C)(C)C)C4)cc3OC)ncc2C(F)(F)F)c1. The van der Waals surface area contributed by atoms with Crippen LogP contribution in [-0.2, 0) is 15.7 Å². The molecule has 4 rings (SSSR count). The number of benzene rings is 2. The number of carbonyl (C=O) groups is 2. The van der Waals surface area contributed by atoms with Crippen molar-refractivity contribution in [2.45, 2.75) is 38.6 Å². The van der Waals surface area contributed by atoms with Crippen LogP contribution in [0.3, 0.4) is 0 Å². The lowest BCUT2D eigenvalue weighted by molar-refractivity contribution is -0.137. The molecule has 14 heteroatoms. The van der Waals surface area contributed by atoms with Gasteiger partial charge in [-0.3, -0.25) is 4.79 Å². The van der Waals surface area contributed by atoms with E-state index in [2.05, 4.69) is 37.8 Å². The Morgan fingerprint density at radius 1 is 1.05 bits per heavy atom. The molecule has 0 unspecified atom stereocenters. The average Bonchev–Trinajstić information content (AvgIpc) is 2.89. The topological polar surface area (TPSA) is 130 Å². The number of rotatable bonds is 9. The van der Waals surface area contributed by atoms with Gasteiger partial charge >= 0.3 is 12.3 Å². The van der Waals surface area contributed by atoms with Crippen LogP contribution in [0.1, 0.15) is 26.3 Å². The Labute approximate surface area is 246 Å². The third kappa shape index (κ3) is 8.27. The van der Waals surface area contributed by atoms with Crippen molar-refractivity contribution >= 4 is 46.5 Å². The fraction of sp³-hybridized carbons (Fsp3) is 0.310. The first kappa shape index (κ1) is 30.9. The maximum atomic E-state index is 13.8. The van der Waals surface area contributed by atoms with Gasteiger partial charge in [0.1, 0.15) is 22.7 Å². The third-order valence-corrected chi connectivity index (χ3v) is 6.02. The van der Waals surface area contributed by atoms with Gasteiger partial charge in [0.25, 0.3) is 0 Å². The smallest absolute Gasteiger partial charge is 0.421 e. The zero-order valence-electron chi connectivity index (χ0n) is 24.0. The number of hydrogen-bond acceptors (Lipinski definition) is 9. The molecule has 228 valence electrons. The molecule has 3 aromatic rings. The lowest BCUT2D eigenvalue weighted by atomic mass is 10.1. The van der Waals surface area contributed by atoms with Gasteiger partial charge in [-0.2, -0.15) is 18.2 Å². The van der Waals surface area contributed by atoms with E-state index in [1.54, 1.807) is 35.2 Å². The van der Waals surface area contributed by atoms with Gasteiger partial charge in [-0.15, -0.1) is 0 Å². The maximum Gasteiger partial charge on any atom is 0.421 e. The molecule has 1 aliphatic heterocycles. The first-order valence-electron chi connectivity index (χ1n) is 13.2. The number of likely N-dealkylation sites (tertiary alicyclic amines) is 1. The summed E-state index contributed by atoms with van der Waals surface area (Å²) < 4.78 is 52.2. The second-order valence-corrected chi connectivity index (χ2v) is 10.6. The van der Waals surface area contributed by atoms with Crippen molar-refractivity contribution in [3.63, 3.8) is 0 Å². The van der Waals surface area contributed by atoms with Crippen LogP contribution in [0.4, 0.5) is 52.5 Å². The molecule has 11 nitrogen and oxygen atoms in total. The van der Waals surface area contributed by atoms with Crippen molar-refractivity contribution < 1.29 is 32.2 Å². The Balaban J connectivity index is 1.48. The number of anilines is 6. The van der Waals surface area contributed by atoms with Crippen molar-refractivity contribution in [2.75, 3.05) is 41.5 Å². The van der Waals surface area contributed by atoms with E-state index in [1.807, 2.05) is 20.8 Å². The summed E-state index contributed by atoms with van der Waals surface area (Å²) >= 11 is 0. The predicted octanol–water partition coefficient (Wildman–Crippen LogP) is 6.15. The number of hydrogen-bond donors (Lipinski definition) is 4. The number of halogens is 3. The summed E-state index contributed by atoms with van der Waals surface area (Å²) in [7, 11) is 1.45. The van der Waals surface area contributed by atoms with E-state index in [1.165, 1.54) is 19.2 Å². The number of alkyl halides is 3. The van der Waals surface area contributed by atoms with Gasteiger partial charge in [0, 0.05) is 42.4 Å². The normalized spacial score (nSPS) is 13.4. The van der Waals surface area contributed by atoms with Crippen LogP contribution in [0.2, 0.25) is 0 Å². The highest BCUT2D eigenvalue weighted by atomic mass is 19.4. The molecule has 2 heterocycles. The molecule has 0 spiro atoms. The largest absolute Gasteiger partial charge is 0.494 e. The Bertz CT molecular complexity index is 1500. The molecule has 1 aliphatic rings. The maximum absolute atomic E-state index is 13.8.